The van der Waals surface area contributed by atoms with Crippen LogP contribution in [0.2, 0.25) is 0 Å². The molecule has 1 heterocycles. The maximum absolute atomic E-state index is 12.3. The Bertz CT molecular complexity index is 842. The lowest BCUT2D eigenvalue weighted by Gasteiger charge is -2.34. The van der Waals surface area contributed by atoms with Gasteiger partial charge < -0.3 is 15.0 Å². The molecule has 0 radical (unpaired) electrons. The van der Waals surface area contributed by atoms with Crippen LogP contribution in [0.4, 0.5) is 0 Å². The number of benzene rings is 2. The Hall–Kier alpha value is -2.88. The molecule has 1 atom stereocenters. The molecule has 1 aliphatic heterocycles. The first-order valence-corrected chi connectivity index (χ1v) is 10.6. The van der Waals surface area contributed by atoms with Gasteiger partial charge in [-0.3, -0.25) is 9.69 Å². The van der Waals surface area contributed by atoms with Crippen molar-refractivity contribution >= 4 is 5.91 Å². The van der Waals surface area contributed by atoms with Crippen molar-refractivity contribution in [2.75, 3.05) is 39.3 Å². The summed E-state index contributed by atoms with van der Waals surface area (Å²) in [5.74, 6) is 0.284. The number of hydrogen-bond donors (Lipinski definition) is 1. The van der Waals surface area contributed by atoms with E-state index < -0.39 is 6.10 Å². The number of piperazine rings is 1. The molecule has 3 rings (SSSR count). The number of nitrogens with zero attached hydrogens (tertiary/aromatic N) is 3. The average molecular weight is 407 g/mol. The number of nitrogens with one attached hydrogen (secondary N) is 1. The third-order valence-electron chi connectivity index (χ3n) is 5.34. The molecule has 0 spiro atoms. The summed E-state index contributed by atoms with van der Waals surface area (Å²) < 4.78 is 5.66. The number of rotatable bonds is 9. The minimum atomic E-state index is -0.638. The van der Waals surface area contributed by atoms with Gasteiger partial charge in [0.1, 0.15) is 11.8 Å². The molecule has 1 saturated heterocycles. The van der Waals surface area contributed by atoms with E-state index in [0.29, 0.717) is 17.9 Å². The van der Waals surface area contributed by atoms with Gasteiger partial charge in [0.25, 0.3) is 5.91 Å². The van der Waals surface area contributed by atoms with Crippen LogP contribution in [0.25, 0.3) is 0 Å². The lowest BCUT2D eigenvalue weighted by Crippen LogP contribution is -2.46. The van der Waals surface area contributed by atoms with Crippen molar-refractivity contribution in [1.82, 2.24) is 15.1 Å². The fraction of sp³-hybridized carbons (Fsp3) is 0.417. The molecule has 1 N–H and O–H groups in total. The first-order valence-electron chi connectivity index (χ1n) is 10.6. The van der Waals surface area contributed by atoms with E-state index in [1.807, 2.05) is 0 Å². The Morgan fingerprint density at radius 3 is 2.47 bits per heavy atom. The summed E-state index contributed by atoms with van der Waals surface area (Å²) >= 11 is 0. The third-order valence-corrected chi connectivity index (χ3v) is 5.34. The molecule has 0 saturated carbocycles. The highest BCUT2D eigenvalue weighted by molar-refractivity contribution is 5.80. The van der Waals surface area contributed by atoms with Crippen LogP contribution in [0.3, 0.4) is 0 Å². The Morgan fingerprint density at radius 1 is 1.07 bits per heavy atom. The minimum absolute atomic E-state index is 0.157. The SMILES string of the molecule is CC(Oc1ccccc1C#N)C(=O)NCCCN1CCN(Cc2ccccc2)CC1. The van der Waals surface area contributed by atoms with Crippen molar-refractivity contribution in [2.24, 2.45) is 0 Å². The highest BCUT2D eigenvalue weighted by atomic mass is 16.5. The molecular weight excluding hydrogens is 376 g/mol. The van der Waals surface area contributed by atoms with Crippen LogP contribution in [-0.4, -0.2) is 61.1 Å². The highest BCUT2D eigenvalue weighted by Gasteiger charge is 2.18. The zero-order valence-electron chi connectivity index (χ0n) is 17.6. The monoisotopic (exact) mass is 406 g/mol. The summed E-state index contributed by atoms with van der Waals surface area (Å²) in [5.41, 5.74) is 1.80. The maximum Gasteiger partial charge on any atom is 0.260 e. The molecule has 1 unspecified atom stereocenters. The number of amides is 1. The first-order chi connectivity index (χ1) is 14.7. The standard InChI is InChI=1S/C24H30N4O2/c1-20(30-23-11-6-5-10-22(23)18-25)24(29)26-12-7-13-27-14-16-28(17-15-27)19-21-8-3-2-4-9-21/h2-6,8-11,20H,7,12-17,19H2,1H3,(H,26,29). The maximum atomic E-state index is 12.3. The van der Waals surface area contributed by atoms with E-state index in [1.54, 1.807) is 31.2 Å². The lowest BCUT2D eigenvalue weighted by atomic mass is 10.2. The number of hydrogen-bond acceptors (Lipinski definition) is 5. The van der Waals surface area contributed by atoms with Crippen molar-refractivity contribution in [3.8, 4) is 11.8 Å². The van der Waals surface area contributed by atoms with E-state index in [-0.39, 0.29) is 5.91 Å². The molecule has 1 fully saturated rings. The van der Waals surface area contributed by atoms with Crippen molar-refractivity contribution in [1.29, 1.82) is 5.26 Å². The average Bonchev–Trinajstić information content (AvgIpc) is 2.78. The van der Waals surface area contributed by atoms with Crippen LogP contribution in [0, 0.1) is 11.3 Å². The van der Waals surface area contributed by atoms with E-state index in [4.69, 9.17) is 10.00 Å². The van der Waals surface area contributed by atoms with E-state index in [0.717, 1.165) is 45.7 Å². The number of ether oxygens (including phenoxy) is 1. The Kier molecular flexibility index (Phi) is 8.25. The predicted molar refractivity (Wildman–Crippen MR) is 117 cm³/mol. The molecular formula is C24H30N4O2. The molecule has 2 aromatic carbocycles. The summed E-state index contributed by atoms with van der Waals surface area (Å²) in [7, 11) is 0. The van der Waals surface area contributed by atoms with Crippen LogP contribution >= 0.6 is 0 Å². The van der Waals surface area contributed by atoms with Crippen LogP contribution in [-0.2, 0) is 11.3 Å². The second kappa shape index (κ2) is 11.3. The summed E-state index contributed by atoms with van der Waals surface area (Å²) in [5, 5.41) is 12.1. The minimum Gasteiger partial charge on any atom is -0.480 e. The number of nitriles is 1. The molecule has 2 aromatic rings. The van der Waals surface area contributed by atoms with E-state index in [2.05, 4.69) is 51.5 Å². The van der Waals surface area contributed by atoms with Gasteiger partial charge in [0.05, 0.1) is 5.56 Å². The molecule has 0 aromatic heterocycles. The molecule has 30 heavy (non-hydrogen) atoms. The predicted octanol–water partition coefficient (Wildman–Crippen LogP) is 2.65. The smallest absolute Gasteiger partial charge is 0.260 e. The Balaban J connectivity index is 1.30. The Morgan fingerprint density at radius 2 is 1.73 bits per heavy atom. The van der Waals surface area contributed by atoms with Gasteiger partial charge >= 0.3 is 0 Å². The van der Waals surface area contributed by atoms with Crippen LogP contribution in [0.1, 0.15) is 24.5 Å². The summed E-state index contributed by atoms with van der Waals surface area (Å²) in [4.78, 5) is 17.2. The topological polar surface area (TPSA) is 68.6 Å². The van der Waals surface area contributed by atoms with Crippen LogP contribution in [0.15, 0.2) is 54.6 Å². The highest BCUT2D eigenvalue weighted by Crippen LogP contribution is 2.18. The van der Waals surface area contributed by atoms with Crippen molar-refractivity contribution < 1.29 is 9.53 Å². The molecule has 1 amide bonds. The summed E-state index contributed by atoms with van der Waals surface area (Å²) in [6.45, 7) is 8.58. The van der Waals surface area contributed by atoms with Gasteiger partial charge in [-0.05, 0) is 37.6 Å². The third kappa shape index (κ3) is 6.58. The lowest BCUT2D eigenvalue weighted by molar-refractivity contribution is -0.127. The molecule has 6 heteroatoms. The summed E-state index contributed by atoms with van der Waals surface area (Å²) in [6, 6.07) is 19.6. The largest absolute Gasteiger partial charge is 0.480 e. The fourth-order valence-corrected chi connectivity index (χ4v) is 3.58. The van der Waals surface area contributed by atoms with Gasteiger partial charge in [-0.2, -0.15) is 5.26 Å². The summed E-state index contributed by atoms with van der Waals surface area (Å²) in [6.07, 6.45) is 0.271. The normalized spacial score (nSPS) is 15.9. The van der Waals surface area contributed by atoms with Gasteiger partial charge in [-0.1, -0.05) is 42.5 Å². The van der Waals surface area contributed by atoms with E-state index >= 15 is 0 Å². The molecule has 0 aliphatic carbocycles. The second-order valence-electron chi connectivity index (χ2n) is 7.62. The van der Waals surface area contributed by atoms with Gasteiger partial charge in [0, 0.05) is 39.3 Å². The number of carbonyl (C=O) groups excluding carboxylic acids is 1. The van der Waals surface area contributed by atoms with Crippen LogP contribution in [0.5, 0.6) is 5.75 Å². The van der Waals surface area contributed by atoms with Crippen molar-refractivity contribution in [2.45, 2.75) is 26.0 Å². The van der Waals surface area contributed by atoms with Crippen molar-refractivity contribution in [3.63, 3.8) is 0 Å². The molecule has 1 aliphatic rings. The fourth-order valence-electron chi connectivity index (χ4n) is 3.58. The molecule has 6 nitrogen and oxygen atoms in total. The zero-order chi connectivity index (χ0) is 21.2. The van der Waals surface area contributed by atoms with Gasteiger partial charge in [-0.15, -0.1) is 0 Å². The number of carbonyl (C=O) groups is 1. The van der Waals surface area contributed by atoms with Gasteiger partial charge in [0.2, 0.25) is 0 Å². The number of para-hydroxylation sites is 1. The second-order valence-corrected chi connectivity index (χ2v) is 7.62. The van der Waals surface area contributed by atoms with Crippen LogP contribution < -0.4 is 10.1 Å². The molecule has 0 bridgehead atoms. The zero-order valence-corrected chi connectivity index (χ0v) is 17.6. The molecule has 158 valence electrons. The van der Waals surface area contributed by atoms with Crippen molar-refractivity contribution in [3.05, 3.63) is 65.7 Å². The van der Waals surface area contributed by atoms with Gasteiger partial charge in [-0.25, -0.2) is 0 Å². The first kappa shape index (κ1) is 21.8. The Labute approximate surface area is 179 Å². The van der Waals surface area contributed by atoms with E-state index in [1.165, 1.54) is 5.56 Å². The quantitative estimate of drug-likeness (QED) is 0.649. The van der Waals surface area contributed by atoms with E-state index in [9.17, 15) is 4.79 Å². The van der Waals surface area contributed by atoms with Gasteiger partial charge in [0.15, 0.2) is 6.10 Å².